The minimum atomic E-state index is 0.293. The Morgan fingerprint density at radius 1 is 1.29 bits per heavy atom. The van der Waals surface area contributed by atoms with Gasteiger partial charge in [0, 0.05) is 31.4 Å². The van der Waals surface area contributed by atoms with E-state index in [0.717, 1.165) is 51.1 Å². The van der Waals surface area contributed by atoms with Crippen LogP contribution in [0.2, 0.25) is 10.2 Å². The molecule has 0 amide bonds. The highest BCUT2D eigenvalue weighted by molar-refractivity contribution is 6.36. The Morgan fingerprint density at radius 2 is 2.10 bits per heavy atom. The van der Waals surface area contributed by atoms with Gasteiger partial charge in [-0.05, 0) is 44.6 Å². The Kier molecular flexibility index (Phi) is 5.40. The van der Waals surface area contributed by atoms with E-state index >= 15 is 0 Å². The lowest BCUT2D eigenvalue weighted by Crippen LogP contribution is -2.41. The number of rotatable bonds is 4. The van der Waals surface area contributed by atoms with Gasteiger partial charge in [-0.3, -0.25) is 5.10 Å². The Labute approximate surface area is 190 Å². The molecule has 0 aromatic carbocycles. The largest absolute Gasteiger partial charge is 0.378 e. The molecule has 8 nitrogen and oxygen atoms in total. The van der Waals surface area contributed by atoms with E-state index < -0.39 is 0 Å². The topological polar surface area (TPSA) is 91.9 Å². The van der Waals surface area contributed by atoms with Gasteiger partial charge in [0.1, 0.15) is 11.3 Å². The van der Waals surface area contributed by atoms with Crippen LogP contribution in [0, 0.1) is 5.41 Å². The van der Waals surface area contributed by atoms with Crippen LogP contribution in [0.4, 0.5) is 11.6 Å². The zero-order valence-electron chi connectivity index (χ0n) is 17.6. The lowest BCUT2D eigenvalue weighted by Gasteiger charge is -2.39. The van der Waals surface area contributed by atoms with Gasteiger partial charge in [0.05, 0.1) is 23.4 Å². The molecule has 2 saturated heterocycles. The van der Waals surface area contributed by atoms with Crippen LogP contribution >= 0.6 is 23.2 Å². The minimum absolute atomic E-state index is 0.293. The fourth-order valence-corrected chi connectivity index (χ4v) is 5.23. The van der Waals surface area contributed by atoms with Crippen LogP contribution in [-0.2, 0) is 4.74 Å². The highest BCUT2D eigenvalue weighted by Crippen LogP contribution is 2.43. The van der Waals surface area contributed by atoms with Gasteiger partial charge >= 0.3 is 0 Å². The van der Waals surface area contributed by atoms with Crippen LogP contribution < -0.4 is 10.2 Å². The molecule has 0 radical (unpaired) electrons. The molecule has 3 aromatic heterocycles. The second-order valence-corrected chi connectivity index (χ2v) is 9.21. The van der Waals surface area contributed by atoms with Crippen molar-refractivity contribution in [1.82, 2.24) is 25.1 Å². The van der Waals surface area contributed by atoms with Gasteiger partial charge in [0.25, 0.3) is 0 Å². The van der Waals surface area contributed by atoms with Gasteiger partial charge in [-0.1, -0.05) is 23.2 Å². The molecule has 0 aliphatic carbocycles. The average molecular weight is 462 g/mol. The maximum absolute atomic E-state index is 6.61. The molecule has 0 bridgehead atoms. The molecule has 2 fully saturated rings. The van der Waals surface area contributed by atoms with Crippen LogP contribution in [0.15, 0.2) is 12.3 Å². The van der Waals surface area contributed by atoms with E-state index in [0.29, 0.717) is 50.2 Å². The number of pyridine rings is 1. The molecule has 5 rings (SSSR count). The first-order valence-corrected chi connectivity index (χ1v) is 11.4. The standard InChI is InChI=1S/C21H25Cl2N7O/c1-3-24-18-14(22)13(4-7-25-18)15-16-19(29-28-15)27-20(17(23)26-16)30-8-5-21(6-9-30)10-12(2)31-11-21/h4,7,12H,3,5-6,8-11H2,1-2H3,(H,24,25)(H,27,28,29)/t12-/m0/s1. The van der Waals surface area contributed by atoms with Gasteiger partial charge in [-0.15, -0.1) is 0 Å². The van der Waals surface area contributed by atoms with Crippen LogP contribution in [0.3, 0.4) is 0 Å². The summed E-state index contributed by atoms with van der Waals surface area (Å²) >= 11 is 13.2. The number of nitrogens with one attached hydrogen (secondary N) is 2. The Hall–Kier alpha value is -2.16. The number of aromatic nitrogens is 5. The van der Waals surface area contributed by atoms with Crippen LogP contribution in [0.1, 0.15) is 33.1 Å². The number of piperidine rings is 1. The summed E-state index contributed by atoms with van der Waals surface area (Å²) in [5.74, 6) is 1.30. The molecule has 3 aromatic rings. The number of fused-ring (bicyclic) bond motifs is 1. The second kappa shape index (κ2) is 8.07. The fourth-order valence-electron chi connectivity index (χ4n) is 4.71. The summed E-state index contributed by atoms with van der Waals surface area (Å²) in [6, 6.07) is 1.83. The second-order valence-electron chi connectivity index (χ2n) is 8.47. The molecular weight excluding hydrogens is 437 g/mol. The zero-order chi connectivity index (χ0) is 21.6. The van der Waals surface area contributed by atoms with Gasteiger partial charge in [-0.2, -0.15) is 5.10 Å². The van der Waals surface area contributed by atoms with E-state index in [9.17, 15) is 0 Å². The SMILES string of the molecule is CCNc1nccc(-c2[nH]nc3nc(N4CCC5(CC4)CO[C@@H](C)C5)c(Cl)nc23)c1Cl. The van der Waals surface area contributed by atoms with Gasteiger partial charge in [-0.25, -0.2) is 15.0 Å². The number of halogens is 2. The Morgan fingerprint density at radius 3 is 2.81 bits per heavy atom. The number of aromatic amines is 1. The third kappa shape index (κ3) is 3.70. The van der Waals surface area contributed by atoms with Gasteiger partial charge in [0.2, 0.25) is 5.65 Å². The first kappa shape index (κ1) is 20.7. The Balaban J connectivity index is 1.44. The molecule has 1 atom stereocenters. The maximum atomic E-state index is 6.61. The van der Waals surface area contributed by atoms with Crippen molar-refractivity contribution in [1.29, 1.82) is 0 Å². The predicted octanol–water partition coefficient (Wildman–Crippen LogP) is 4.55. The number of anilines is 2. The molecule has 10 heteroatoms. The number of H-pyrrole nitrogens is 1. The van der Waals surface area contributed by atoms with E-state index in [-0.39, 0.29) is 0 Å². The fraction of sp³-hybridized carbons (Fsp3) is 0.524. The van der Waals surface area contributed by atoms with Crippen LogP contribution in [0.25, 0.3) is 22.4 Å². The summed E-state index contributed by atoms with van der Waals surface area (Å²) < 4.78 is 5.84. The highest BCUT2D eigenvalue weighted by Gasteiger charge is 2.41. The third-order valence-corrected chi connectivity index (χ3v) is 6.99. The van der Waals surface area contributed by atoms with Crippen molar-refractivity contribution in [3.05, 3.63) is 22.4 Å². The van der Waals surface area contributed by atoms with Crippen molar-refractivity contribution in [3.63, 3.8) is 0 Å². The van der Waals surface area contributed by atoms with E-state index in [4.69, 9.17) is 32.9 Å². The molecule has 0 unspecified atom stereocenters. The predicted molar refractivity (Wildman–Crippen MR) is 123 cm³/mol. The Bertz CT molecular complexity index is 1110. The van der Waals surface area contributed by atoms with Crippen molar-refractivity contribution in [2.75, 3.05) is 36.5 Å². The normalized spacial score (nSPS) is 20.6. The molecule has 31 heavy (non-hydrogen) atoms. The van der Waals surface area contributed by atoms with Crippen molar-refractivity contribution in [2.45, 2.75) is 39.2 Å². The summed E-state index contributed by atoms with van der Waals surface area (Å²) in [6.45, 7) is 7.49. The monoisotopic (exact) mass is 461 g/mol. The smallest absolute Gasteiger partial charge is 0.202 e. The van der Waals surface area contributed by atoms with Crippen molar-refractivity contribution in [3.8, 4) is 11.3 Å². The van der Waals surface area contributed by atoms with Crippen molar-refractivity contribution >= 4 is 46.0 Å². The molecule has 1 spiro atoms. The average Bonchev–Trinajstić information content (AvgIpc) is 3.33. The van der Waals surface area contributed by atoms with E-state index in [2.05, 4.69) is 37.3 Å². The third-order valence-electron chi connectivity index (χ3n) is 6.35. The van der Waals surface area contributed by atoms with E-state index in [1.807, 2.05) is 13.0 Å². The molecule has 0 saturated carbocycles. The molecule has 2 aliphatic rings. The van der Waals surface area contributed by atoms with E-state index in [1.54, 1.807) is 6.20 Å². The van der Waals surface area contributed by atoms with Crippen LogP contribution in [0.5, 0.6) is 0 Å². The van der Waals surface area contributed by atoms with Crippen LogP contribution in [-0.4, -0.2) is 57.5 Å². The number of hydrogen-bond donors (Lipinski definition) is 2. The lowest BCUT2D eigenvalue weighted by molar-refractivity contribution is 0.0976. The molecular formula is C21H25Cl2N7O. The minimum Gasteiger partial charge on any atom is -0.378 e. The summed E-state index contributed by atoms with van der Waals surface area (Å²) in [7, 11) is 0. The number of ether oxygens (including phenoxy) is 1. The van der Waals surface area contributed by atoms with E-state index in [1.165, 1.54) is 0 Å². The van der Waals surface area contributed by atoms with Gasteiger partial charge in [0.15, 0.2) is 11.0 Å². The summed E-state index contributed by atoms with van der Waals surface area (Å²) in [5.41, 5.74) is 2.84. The molecule has 5 heterocycles. The molecule has 164 valence electrons. The molecule has 2 aliphatic heterocycles. The van der Waals surface area contributed by atoms with Gasteiger partial charge < -0.3 is 15.0 Å². The first-order chi connectivity index (χ1) is 15.0. The summed E-state index contributed by atoms with van der Waals surface area (Å²) in [5, 5.41) is 11.5. The maximum Gasteiger partial charge on any atom is 0.202 e. The molecule has 2 N–H and O–H groups in total. The number of nitrogens with zero attached hydrogens (tertiary/aromatic N) is 5. The first-order valence-electron chi connectivity index (χ1n) is 10.7. The highest BCUT2D eigenvalue weighted by atomic mass is 35.5. The number of hydrogen-bond acceptors (Lipinski definition) is 7. The van der Waals surface area contributed by atoms with Crippen molar-refractivity contribution in [2.24, 2.45) is 5.41 Å². The summed E-state index contributed by atoms with van der Waals surface area (Å²) in [6.07, 6.45) is 5.32. The lowest BCUT2D eigenvalue weighted by atomic mass is 9.77. The van der Waals surface area contributed by atoms with Crippen molar-refractivity contribution < 1.29 is 4.74 Å². The summed E-state index contributed by atoms with van der Waals surface area (Å²) in [4.78, 5) is 15.9. The quantitative estimate of drug-likeness (QED) is 0.588. The zero-order valence-corrected chi connectivity index (χ0v) is 19.1.